The molecule has 3 saturated heterocycles. The Morgan fingerprint density at radius 2 is 1.73 bits per heavy atom. The van der Waals surface area contributed by atoms with Gasteiger partial charge in [-0.25, -0.2) is 9.37 Å². The Kier molecular flexibility index (Phi) is 13.0. The average Bonchev–Trinajstić information content (AvgIpc) is 3.34. The number of nitrogens with zero attached hydrogens (tertiary/aromatic N) is 6. The van der Waals surface area contributed by atoms with Gasteiger partial charge in [-0.2, -0.15) is 31.6 Å². The Hall–Kier alpha value is -4.98. The van der Waals surface area contributed by atoms with Gasteiger partial charge in [0.05, 0.1) is 36.7 Å². The highest BCUT2D eigenvalue weighted by Crippen LogP contribution is 2.40. The van der Waals surface area contributed by atoms with Crippen molar-refractivity contribution in [3.63, 3.8) is 0 Å². The predicted molar refractivity (Wildman–Crippen MR) is 205 cm³/mol. The largest absolute Gasteiger partial charge is 0.419 e. The molecule has 4 aliphatic rings. The number of rotatable bonds is 11. The molecule has 3 aliphatic heterocycles. The molecule has 22 heteroatoms. The lowest BCUT2D eigenvalue weighted by molar-refractivity contribution is -0.197. The lowest BCUT2D eigenvalue weighted by Crippen LogP contribution is -2.60. The monoisotopic (exact) mass is 869 g/mol. The van der Waals surface area contributed by atoms with Gasteiger partial charge in [0.15, 0.2) is 10.8 Å². The second kappa shape index (κ2) is 17.6. The fourth-order valence-electron chi connectivity index (χ4n) is 8.09. The summed E-state index contributed by atoms with van der Waals surface area (Å²) in [6.07, 6.45) is -6.47. The molecular weight excluding hydrogens is 828 g/mol. The van der Waals surface area contributed by atoms with Crippen LogP contribution in [0.1, 0.15) is 63.6 Å². The van der Waals surface area contributed by atoms with Crippen molar-refractivity contribution in [3.05, 3.63) is 47.5 Å². The first-order valence-corrected chi connectivity index (χ1v) is 19.6. The molecule has 3 N–H and O–H groups in total. The zero-order valence-corrected chi connectivity index (χ0v) is 33.3. The van der Waals surface area contributed by atoms with Gasteiger partial charge in [0.1, 0.15) is 29.5 Å². The number of hydrogen-bond acceptors (Lipinski definition) is 11. The molecule has 1 aromatic heterocycles. The van der Waals surface area contributed by atoms with Gasteiger partial charge in [-0.3, -0.25) is 39.2 Å². The van der Waals surface area contributed by atoms with Crippen LogP contribution < -0.4 is 20.9 Å². The molecule has 6 rings (SSSR count). The Labute approximate surface area is 345 Å². The van der Waals surface area contributed by atoms with E-state index in [1.54, 1.807) is 23.6 Å². The van der Waals surface area contributed by atoms with Gasteiger partial charge in [-0.15, -0.1) is 0 Å². The fraction of sp³-hybridized carbons (Fsp3) is 0.553. The third-order valence-corrected chi connectivity index (χ3v) is 11.5. The van der Waals surface area contributed by atoms with Crippen molar-refractivity contribution in [2.45, 2.75) is 94.5 Å². The molecule has 60 heavy (non-hydrogen) atoms. The first-order valence-electron chi connectivity index (χ1n) is 19.2. The van der Waals surface area contributed by atoms with Gasteiger partial charge in [-0.1, -0.05) is 0 Å². The number of imide groups is 1. The minimum Gasteiger partial charge on any atom is -0.377 e. The van der Waals surface area contributed by atoms with Crippen LogP contribution in [0.3, 0.4) is 0 Å². The number of piperidine rings is 1. The van der Waals surface area contributed by atoms with Crippen LogP contribution in [0.25, 0.3) is 0 Å². The molecule has 2 aromatic rings. The Balaban J connectivity index is 0.980. The number of nitriles is 1. The molecule has 2 unspecified atom stereocenters. The number of carbonyl (C=O) groups is 4. The molecule has 4 heterocycles. The van der Waals surface area contributed by atoms with Gasteiger partial charge >= 0.3 is 12.4 Å². The number of nitrogens with one attached hydrogen (secondary N) is 3. The summed E-state index contributed by atoms with van der Waals surface area (Å²) in [5, 5.41) is 16.5. The summed E-state index contributed by atoms with van der Waals surface area (Å²) in [5.74, 6) is -3.14. The molecule has 1 aromatic carbocycles. The quantitative estimate of drug-likeness (QED) is 0.164. The molecule has 2 atom stereocenters. The van der Waals surface area contributed by atoms with Crippen LogP contribution in [0.15, 0.2) is 30.5 Å². The first-order chi connectivity index (χ1) is 28.1. The zero-order chi connectivity index (χ0) is 43.7. The number of thiocarbonyl (C=S) groups is 1. The van der Waals surface area contributed by atoms with Gasteiger partial charge < -0.3 is 20.3 Å². The van der Waals surface area contributed by atoms with Crippen LogP contribution in [0, 0.1) is 17.1 Å². The summed E-state index contributed by atoms with van der Waals surface area (Å²) >= 11 is 5.64. The summed E-state index contributed by atoms with van der Waals surface area (Å²) < 4.78 is 104. The number of aromatic nitrogens is 1. The highest BCUT2D eigenvalue weighted by molar-refractivity contribution is 7.80. The molecule has 1 aliphatic carbocycles. The number of benzene rings is 1. The Bertz CT molecular complexity index is 2060. The van der Waals surface area contributed by atoms with Crippen molar-refractivity contribution in [2.24, 2.45) is 0 Å². The van der Waals surface area contributed by atoms with E-state index in [0.29, 0.717) is 31.7 Å². The van der Waals surface area contributed by atoms with Crippen molar-refractivity contribution < 1.29 is 54.6 Å². The van der Waals surface area contributed by atoms with Gasteiger partial charge in [0, 0.05) is 50.0 Å². The number of pyridine rings is 1. The second-order valence-corrected chi connectivity index (χ2v) is 16.0. The third kappa shape index (κ3) is 9.96. The van der Waals surface area contributed by atoms with Crippen LogP contribution in [-0.4, -0.2) is 124 Å². The minimum atomic E-state index is -4.89. The van der Waals surface area contributed by atoms with Crippen molar-refractivity contribution >= 4 is 58.0 Å². The number of amides is 4. The van der Waals surface area contributed by atoms with Gasteiger partial charge in [0.25, 0.3) is 5.91 Å². The van der Waals surface area contributed by atoms with Crippen LogP contribution in [0.4, 0.5) is 47.8 Å². The highest BCUT2D eigenvalue weighted by Gasteiger charge is 2.53. The van der Waals surface area contributed by atoms with E-state index < -0.39 is 83.8 Å². The zero-order valence-electron chi connectivity index (χ0n) is 32.5. The summed E-state index contributed by atoms with van der Waals surface area (Å²) in [4.78, 5) is 59.0. The van der Waals surface area contributed by atoms with E-state index in [0.717, 1.165) is 28.1 Å². The van der Waals surface area contributed by atoms with Crippen molar-refractivity contribution in [2.75, 3.05) is 54.9 Å². The SMILES string of the molecule is CC1(C)C(=O)N(c2cnc(C#N)c(C(F)(F)F)c2)C(=S)N1[C@H]1CC[C@H](OCCN2CCN(CC(=O)Nc3cc(F)cc(NC4CCC(=O)NC4=O)c3)C(C(F)(F)F)C2)CC1. The van der Waals surface area contributed by atoms with Crippen LogP contribution in [0.2, 0.25) is 0 Å². The van der Waals surface area contributed by atoms with Crippen LogP contribution in [0.5, 0.6) is 0 Å². The Morgan fingerprint density at radius 1 is 1.03 bits per heavy atom. The van der Waals surface area contributed by atoms with Crippen LogP contribution >= 0.6 is 12.2 Å². The second-order valence-electron chi connectivity index (χ2n) is 15.6. The molecule has 4 amide bonds. The number of piperazine rings is 1. The molecule has 1 saturated carbocycles. The van der Waals surface area contributed by atoms with Gasteiger partial charge in [0.2, 0.25) is 17.7 Å². The molecule has 14 nitrogen and oxygen atoms in total. The summed E-state index contributed by atoms with van der Waals surface area (Å²) in [7, 11) is 0. The van der Waals surface area contributed by atoms with Crippen LogP contribution in [-0.2, 0) is 30.1 Å². The third-order valence-electron chi connectivity index (χ3n) is 11.1. The fourth-order valence-corrected chi connectivity index (χ4v) is 8.66. The maximum atomic E-state index is 14.4. The van der Waals surface area contributed by atoms with E-state index in [4.69, 9.17) is 22.2 Å². The lowest BCUT2D eigenvalue weighted by Gasteiger charge is -2.42. The van der Waals surface area contributed by atoms with Crippen molar-refractivity contribution in [1.82, 2.24) is 25.0 Å². The number of carbonyl (C=O) groups excluding carboxylic acids is 4. The van der Waals surface area contributed by atoms with E-state index >= 15 is 0 Å². The number of anilines is 3. The first kappa shape index (κ1) is 44.6. The van der Waals surface area contributed by atoms with Crippen molar-refractivity contribution in [3.8, 4) is 6.07 Å². The number of hydrogen-bond donors (Lipinski definition) is 3. The maximum absolute atomic E-state index is 14.4. The molecule has 324 valence electrons. The number of ether oxygens (including phenoxy) is 1. The molecule has 0 bridgehead atoms. The molecule has 4 fully saturated rings. The number of alkyl halides is 6. The van der Waals surface area contributed by atoms with Gasteiger partial charge in [-0.05, 0) is 82.4 Å². The normalized spacial score (nSPS) is 24.3. The van der Waals surface area contributed by atoms with E-state index in [9.17, 15) is 49.9 Å². The number of halogens is 7. The van der Waals surface area contributed by atoms with Crippen molar-refractivity contribution in [1.29, 1.82) is 5.26 Å². The lowest BCUT2D eigenvalue weighted by atomic mass is 9.89. The summed E-state index contributed by atoms with van der Waals surface area (Å²) in [5.41, 5.74) is -3.43. The minimum absolute atomic E-state index is 0.00674. The van der Waals surface area contributed by atoms with E-state index in [1.807, 2.05) is 0 Å². The van der Waals surface area contributed by atoms with E-state index in [1.165, 1.54) is 12.1 Å². The maximum Gasteiger partial charge on any atom is 0.419 e. The molecular formula is C38H42F7N9O5S. The standard InChI is InChI=1S/C38H42F7N9O5S/c1-36(2)34(58)53(25-16-27(37(40,41)42)29(17-46)47-18-25)35(60)54(36)24-3-5-26(6-4-24)59-12-11-51-9-10-52(30(19-51)38(43,44)45)20-32(56)49-23-14-21(39)13-22(15-23)48-28-7-8-31(55)50-33(28)57/h13-16,18,24,26,28,30,48H,3-12,19-20H2,1-2H3,(H,49,56)(H,50,55,57)/t24-,26-,28?,30?. The van der Waals surface area contributed by atoms with E-state index in [-0.39, 0.29) is 73.4 Å². The topological polar surface area (TPSA) is 163 Å². The summed E-state index contributed by atoms with van der Waals surface area (Å²) in [6.45, 7) is 2.64. The highest BCUT2D eigenvalue weighted by atomic mass is 32.1. The summed E-state index contributed by atoms with van der Waals surface area (Å²) in [6, 6.07) is 2.45. The smallest absolute Gasteiger partial charge is 0.377 e. The predicted octanol–water partition coefficient (Wildman–Crippen LogP) is 4.56. The average molecular weight is 870 g/mol. The Morgan fingerprint density at radius 3 is 2.38 bits per heavy atom. The van der Waals surface area contributed by atoms with E-state index in [2.05, 4.69) is 20.9 Å². The molecule has 0 radical (unpaired) electrons. The molecule has 0 spiro atoms.